The fourth-order valence-corrected chi connectivity index (χ4v) is 4.26. The van der Waals surface area contributed by atoms with Gasteiger partial charge in [0.1, 0.15) is 6.04 Å². The molecule has 0 aromatic carbocycles. The molecular weight excluding hydrogens is 308 g/mol. The maximum Gasteiger partial charge on any atom is 0.326 e. The standard InChI is InChI=1S/C17H20N4O3/c1-9-12-6-11(8-18-15(12)20-19-9)16(22)21-13-5-3-2-4-10(13)7-14(21)17(23)24/h6,8,10,13-14H,2-5,7H2,1H3,(H,23,24)(H,18,19,20)/t10-,13-,14+/m1/s1. The molecule has 3 atom stereocenters. The second-order valence-corrected chi connectivity index (χ2v) is 6.86. The molecule has 0 unspecified atom stereocenters. The van der Waals surface area contributed by atoms with Crippen molar-refractivity contribution >= 4 is 22.9 Å². The van der Waals surface area contributed by atoms with Gasteiger partial charge in [0.05, 0.1) is 5.56 Å². The molecule has 1 amide bonds. The Hall–Kier alpha value is -2.44. The molecule has 2 aromatic heterocycles. The Morgan fingerprint density at radius 2 is 2.12 bits per heavy atom. The van der Waals surface area contributed by atoms with Crippen LogP contribution >= 0.6 is 0 Å². The number of carbonyl (C=O) groups is 2. The Balaban J connectivity index is 1.71. The zero-order valence-corrected chi connectivity index (χ0v) is 13.5. The number of nitrogens with one attached hydrogen (secondary N) is 1. The van der Waals surface area contributed by atoms with Crippen LogP contribution in [0.3, 0.4) is 0 Å². The fraction of sp³-hybridized carbons (Fsp3) is 0.529. The van der Waals surface area contributed by atoms with Gasteiger partial charge in [-0.15, -0.1) is 0 Å². The maximum atomic E-state index is 13.1. The van der Waals surface area contributed by atoms with E-state index in [4.69, 9.17) is 0 Å². The van der Waals surface area contributed by atoms with Gasteiger partial charge in [0.2, 0.25) is 0 Å². The highest BCUT2D eigenvalue weighted by atomic mass is 16.4. The number of aromatic amines is 1. The molecule has 4 rings (SSSR count). The van der Waals surface area contributed by atoms with Crippen LogP contribution in [-0.2, 0) is 4.79 Å². The van der Waals surface area contributed by atoms with Gasteiger partial charge in [0.25, 0.3) is 5.91 Å². The highest BCUT2D eigenvalue weighted by Gasteiger charge is 2.47. The summed E-state index contributed by atoms with van der Waals surface area (Å²) < 4.78 is 0. The van der Waals surface area contributed by atoms with E-state index >= 15 is 0 Å². The van der Waals surface area contributed by atoms with Gasteiger partial charge in [0, 0.05) is 23.3 Å². The molecular formula is C17H20N4O3. The van der Waals surface area contributed by atoms with E-state index < -0.39 is 12.0 Å². The first-order chi connectivity index (χ1) is 11.6. The van der Waals surface area contributed by atoms with Crippen LogP contribution in [0.2, 0.25) is 0 Å². The van der Waals surface area contributed by atoms with Gasteiger partial charge >= 0.3 is 5.97 Å². The van der Waals surface area contributed by atoms with Crippen LogP contribution < -0.4 is 0 Å². The number of carboxylic acids is 1. The molecule has 2 aromatic rings. The summed E-state index contributed by atoms with van der Waals surface area (Å²) >= 11 is 0. The fourth-order valence-electron chi connectivity index (χ4n) is 4.26. The number of likely N-dealkylation sites (tertiary alicyclic amines) is 1. The van der Waals surface area contributed by atoms with Gasteiger partial charge in [-0.3, -0.25) is 9.89 Å². The number of H-pyrrole nitrogens is 1. The molecule has 2 N–H and O–H groups in total. The van der Waals surface area contributed by atoms with Gasteiger partial charge < -0.3 is 10.0 Å². The summed E-state index contributed by atoms with van der Waals surface area (Å²) in [7, 11) is 0. The Morgan fingerprint density at radius 3 is 2.92 bits per heavy atom. The first-order valence-corrected chi connectivity index (χ1v) is 8.42. The highest BCUT2D eigenvalue weighted by molar-refractivity contribution is 5.99. The lowest BCUT2D eigenvalue weighted by Crippen LogP contribution is -2.46. The van der Waals surface area contributed by atoms with E-state index in [-0.39, 0.29) is 11.9 Å². The average Bonchev–Trinajstić information content (AvgIpc) is 3.15. The number of carbonyl (C=O) groups excluding carboxylic acids is 1. The molecule has 2 fully saturated rings. The zero-order chi connectivity index (χ0) is 16.8. The van der Waals surface area contributed by atoms with E-state index in [1.807, 2.05) is 6.92 Å². The summed E-state index contributed by atoms with van der Waals surface area (Å²) in [4.78, 5) is 30.6. The third kappa shape index (κ3) is 2.26. The topological polar surface area (TPSA) is 99.2 Å². The largest absolute Gasteiger partial charge is 0.480 e. The molecule has 7 nitrogen and oxygen atoms in total. The summed E-state index contributed by atoms with van der Waals surface area (Å²) in [5.74, 6) is -0.839. The number of carboxylic acid groups (broad SMARTS) is 1. The number of fused-ring (bicyclic) bond motifs is 2. The third-order valence-electron chi connectivity index (χ3n) is 5.45. The number of hydrogen-bond acceptors (Lipinski definition) is 4. The monoisotopic (exact) mass is 328 g/mol. The van der Waals surface area contributed by atoms with Crippen molar-refractivity contribution in [3.05, 3.63) is 23.5 Å². The average molecular weight is 328 g/mol. The van der Waals surface area contributed by atoms with Crippen molar-refractivity contribution < 1.29 is 14.7 Å². The molecule has 2 aliphatic rings. The van der Waals surface area contributed by atoms with Crippen LogP contribution in [0.25, 0.3) is 11.0 Å². The van der Waals surface area contributed by atoms with Crippen molar-refractivity contribution in [2.75, 3.05) is 0 Å². The van der Waals surface area contributed by atoms with Crippen LogP contribution in [0.15, 0.2) is 12.3 Å². The third-order valence-corrected chi connectivity index (χ3v) is 5.45. The van der Waals surface area contributed by atoms with Crippen LogP contribution in [0.4, 0.5) is 0 Å². The lowest BCUT2D eigenvalue weighted by atomic mass is 9.84. The Labute approximate surface area is 139 Å². The molecule has 0 radical (unpaired) electrons. The number of aromatic nitrogens is 3. The number of amides is 1. The minimum Gasteiger partial charge on any atom is -0.480 e. The van der Waals surface area contributed by atoms with Gasteiger partial charge in [0.15, 0.2) is 5.65 Å². The Bertz CT molecular complexity index is 815. The van der Waals surface area contributed by atoms with E-state index in [9.17, 15) is 14.7 Å². The first-order valence-electron chi connectivity index (χ1n) is 8.42. The molecule has 7 heteroatoms. The van der Waals surface area contributed by atoms with E-state index in [2.05, 4.69) is 15.2 Å². The normalized spacial score (nSPS) is 26.5. The minimum absolute atomic E-state index is 0.0356. The van der Waals surface area contributed by atoms with Crippen molar-refractivity contribution in [3.63, 3.8) is 0 Å². The summed E-state index contributed by atoms with van der Waals surface area (Å²) in [6.45, 7) is 1.87. The number of nitrogens with zero attached hydrogens (tertiary/aromatic N) is 3. The Morgan fingerprint density at radius 1 is 1.33 bits per heavy atom. The van der Waals surface area contributed by atoms with Gasteiger partial charge in [-0.05, 0) is 38.2 Å². The van der Waals surface area contributed by atoms with Crippen LogP contribution in [0.5, 0.6) is 0 Å². The van der Waals surface area contributed by atoms with E-state index in [0.29, 0.717) is 23.5 Å². The van der Waals surface area contributed by atoms with Crippen molar-refractivity contribution in [2.45, 2.75) is 51.1 Å². The number of aryl methyl sites for hydroxylation is 1. The maximum absolute atomic E-state index is 13.1. The summed E-state index contributed by atoms with van der Waals surface area (Å²) in [6.07, 6.45) is 6.13. The lowest BCUT2D eigenvalue weighted by molar-refractivity contribution is -0.141. The number of pyridine rings is 1. The first kappa shape index (κ1) is 15.1. The van der Waals surface area contributed by atoms with E-state index in [1.54, 1.807) is 11.0 Å². The quantitative estimate of drug-likeness (QED) is 0.880. The number of rotatable bonds is 2. The van der Waals surface area contributed by atoms with Gasteiger partial charge in [-0.25, -0.2) is 9.78 Å². The SMILES string of the molecule is Cc1[nH]nc2ncc(C(=O)N3[C@@H]4CCCC[C@@H]4C[C@H]3C(=O)O)cc12. The smallest absolute Gasteiger partial charge is 0.326 e. The predicted molar refractivity (Wildman–Crippen MR) is 86.6 cm³/mol. The van der Waals surface area contributed by atoms with Crippen molar-refractivity contribution in [1.82, 2.24) is 20.1 Å². The molecule has 0 bridgehead atoms. The van der Waals surface area contributed by atoms with Crippen molar-refractivity contribution in [3.8, 4) is 0 Å². The molecule has 126 valence electrons. The number of hydrogen-bond donors (Lipinski definition) is 2. The zero-order valence-electron chi connectivity index (χ0n) is 13.5. The lowest BCUT2D eigenvalue weighted by Gasteiger charge is -2.33. The molecule has 1 saturated heterocycles. The molecule has 3 heterocycles. The summed E-state index contributed by atoms with van der Waals surface area (Å²) in [6, 6.07) is 1.07. The Kier molecular flexibility index (Phi) is 3.51. The van der Waals surface area contributed by atoms with Crippen molar-refractivity contribution in [2.24, 2.45) is 5.92 Å². The molecule has 1 aliphatic carbocycles. The second-order valence-electron chi connectivity index (χ2n) is 6.86. The minimum atomic E-state index is -0.911. The van der Waals surface area contributed by atoms with E-state index in [0.717, 1.165) is 36.8 Å². The molecule has 0 spiro atoms. The van der Waals surface area contributed by atoms with Crippen molar-refractivity contribution in [1.29, 1.82) is 0 Å². The summed E-state index contributed by atoms with van der Waals surface area (Å²) in [5, 5.41) is 17.3. The van der Waals surface area contributed by atoms with Crippen LogP contribution in [0.1, 0.15) is 48.2 Å². The molecule has 24 heavy (non-hydrogen) atoms. The van der Waals surface area contributed by atoms with Gasteiger partial charge in [-0.1, -0.05) is 12.8 Å². The predicted octanol–water partition coefficient (Wildman–Crippen LogP) is 2.12. The molecule has 1 saturated carbocycles. The second kappa shape index (κ2) is 5.58. The van der Waals surface area contributed by atoms with E-state index in [1.165, 1.54) is 6.20 Å². The van der Waals surface area contributed by atoms with Gasteiger partial charge in [-0.2, -0.15) is 5.10 Å². The van der Waals surface area contributed by atoms with Crippen LogP contribution in [0, 0.1) is 12.8 Å². The van der Waals surface area contributed by atoms with Crippen LogP contribution in [-0.4, -0.2) is 49.1 Å². The highest BCUT2D eigenvalue weighted by Crippen LogP contribution is 2.40. The number of aliphatic carboxylic acids is 1. The summed E-state index contributed by atoms with van der Waals surface area (Å²) in [5.41, 5.74) is 1.85. The molecule has 1 aliphatic heterocycles.